The third-order valence-electron chi connectivity index (χ3n) is 4.50. The average molecular weight is 425 g/mol. The van der Waals surface area contributed by atoms with Gasteiger partial charge in [-0.2, -0.15) is 0 Å². The average Bonchev–Trinajstić information content (AvgIpc) is 3.30. The number of hydrogen-bond donors (Lipinski definition) is 0. The molecular weight excluding hydrogens is 400 g/mol. The first-order chi connectivity index (χ1) is 13.5. The Morgan fingerprint density at radius 1 is 1.39 bits per heavy atom. The fourth-order valence-electron chi connectivity index (χ4n) is 3.06. The molecule has 1 fully saturated rings. The lowest BCUT2D eigenvalue weighted by molar-refractivity contribution is -0.151. The summed E-state index contributed by atoms with van der Waals surface area (Å²) in [4.78, 5) is 30.7. The van der Waals surface area contributed by atoms with Gasteiger partial charge in [-0.05, 0) is 33.6 Å². The second kappa shape index (κ2) is 9.51. The van der Waals surface area contributed by atoms with E-state index in [4.69, 9.17) is 9.15 Å². The van der Waals surface area contributed by atoms with E-state index in [2.05, 4.69) is 15.2 Å². The maximum atomic E-state index is 12.7. The van der Waals surface area contributed by atoms with Gasteiger partial charge >= 0.3 is 5.97 Å². The molecule has 0 radical (unpaired) electrons. The zero-order chi connectivity index (χ0) is 20.1. The van der Waals surface area contributed by atoms with Crippen LogP contribution < -0.4 is 0 Å². The topological polar surface area (TPSA) is 98.4 Å². The number of carbonyl (C=O) groups excluding carboxylic acids is 2. The summed E-state index contributed by atoms with van der Waals surface area (Å²) in [5, 5.41) is 11.1. The molecule has 10 heteroatoms. The third-order valence-corrected chi connectivity index (χ3v) is 6.24. The molecule has 0 saturated carbocycles. The molecule has 1 aliphatic rings. The maximum Gasteiger partial charge on any atom is 0.309 e. The molecule has 1 atom stereocenters. The molecule has 1 amide bonds. The number of amides is 1. The SMILES string of the molecule is CCOC(=O)C1CCN(C(=O)C(C)Sc2nnc(Cc3csc(C)n3)o2)CC1. The van der Waals surface area contributed by atoms with Crippen LogP contribution in [-0.4, -0.2) is 56.9 Å². The Labute approximate surface area is 172 Å². The number of likely N-dealkylation sites (tertiary alicyclic amines) is 1. The molecule has 1 unspecified atom stereocenters. The van der Waals surface area contributed by atoms with Crippen molar-refractivity contribution in [3.63, 3.8) is 0 Å². The van der Waals surface area contributed by atoms with Gasteiger partial charge < -0.3 is 14.1 Å². The minimum absolute atomic E-state index is 0.0159. The van der Waals surface area contributed by atoms with Crippen molar-refractivity contribution in [2.45, 2.75) is 50.5 Å². The van der Waals surface area contributed by atoms with Gasteiger partial charge in [0, 0.05) is 18.5 Å². The number of thioether (sulfide) groups is 1. The summed E-state index contributed by atoms with van der Waals surface area (Å²) in [5.74, 6) is 0.232. The summed E-state index contributed by atoms with van der Waals surface area (Å²) < 4.78 is 10.7. The number of aromatic nitrogens is 3. The molecule has 2 aromatic rings. The van der Waals surface area contributed by atoms with Gasteiger partial charge in [0.2, 0.25) is 11.8 Å². The normalized spacial score (nSPS) is 16.2. The molecule has 0 N–H and O–H groups in total. The Balaban J connectivity index is 1.49. The monoisotopic (exact) mass is 424 g/mol. The van der Waals surface area contributed by atoms with Gasteiger partial charge in [-0.25, -0.2) is 4.98 Å². The summed E-state index contributed by atoms with van der Waals surface area (Å²) in [5.41, 5.74) is 0.899. The van der Waals surface area contributed by atoms with Crippen molar-refractivity contribution in [2.75, 3.05) is 19.7 Å². The Hall–Kier alpha value is -1.94. The van der Waals surface area contributed by atoms with Crippen LogP contribution in [0.2, 0.25) is 0 Å². The Kier molecular flexibility index (Phi) is 7.06. The second-order valence-corrected chi connectivity index (χ2v) is 8.96. The molecule has 1 saturated heterocycles. The highest BCUT2D eigenvalue weighted by Gasteiger charge is 2.31. The van der Waals surface area contributed by atoms with Crippen molar-refractivity contribution >= 4 is 35.0 Å². The number of thiazole rings is 1. The summed E-state index contributed by atoms with van der Waals surface area (Å²) in [6.07, 6.45) is 1.76. The zero-order valence-electron chi connectivity index (χ0n) is 16.2. The van der Waals surface area contributed by atoms with Crippen molar-refractivity contribution in [1.82, 2.24) is 20.1 Å². The van der Waals surface area contributed by atoms with E-state index in [0.717, 1.165) is 10.7 Å². The van der Waals surface area contributed by atoms with E-state index in [1.807, 2.05) is 19.2 Å². The number of hydrogen-bond acceptors (Lipinski definition) is 9. The Morgan fingerprint density at radius 2 is 2.14 bits per heavy atom. The highest BCUT2D eigenvalue weighted by molar-refractivity contribution is 8.00. The van der Waals surface area contributed by atoms with Crippen LogP contribution in [0.15, 0.2) is 15.0 Å². The molecule has 0 spiro atoms. The van der Waals surface area contributed by atoms with Crippen molar-refractivity contribution in [3.8, 4) is 0 Å². The lowest BCUT2D eigenvalue weighted by atomic mass is 9.97. The minimum atomic E-state index is -0.339. The fraction of sp³-hybridized carbons (Fsp3) is 0.611. The number of piperidine rings is 1. The minimum Gasteiger partial charge on any atom is -0.466 e. The van der Waals surface area contributed by atoms with E-state index < -0.39 is 0 Å². The lowest BCUT2D eigenvalue weighted by Gasteiger charge is -2.32. The summed E-state index contributed by atoms with van der Waals surface area (Å²) in [7, 11) is 0. The van der Waals surface area contributed by atoms with Gasteiger partial charge in [0.1, 0.15) is 0 Å². The number of ether oxygens (including phenoxy) is 1. The lowest BCUT2D eigenvalue weighted by Crippen LogP contribution is -2.43. The van der Waals surface area contributed by atoms with Crippen LogP contribution in [0.1, 0.15) is 43.3 Å². The van der Waals surface area contributed by atoms with Crippen LogP contribution in [0.25, 0.3) is 0 Å². The van der Waals surface area contributed by atoms with Crippen LogP contribution in [0.5, 0.6) is 0 Å². The summed E-state index contributed by atoms with van der Waals surface area (Å²) in [6.45, 7) is 7.09. The molecular formula is C18H24N4O4S2. The first-order valence-corrected chi connectivity index (χ1v) is 11.1. The first kappa shape index (κ1) is 20.8. The molecule has 1 aliphatic heterocycles. The van der Waals surface area contributed by atoms with Gasteiger partial charge in [0.25, 0.3) is 5.22 Å². The largest absolute Gasteiger partial charge is 0.466 e. The number of rotatable bonds is 7. The molecule has 3 heterocycles. The molecule has 0 aliphatic carbocycles. The Bertz CT molecular complexity index is 814. The van der Waals surface area contributed by atoms with Gasteiger partial charge in [-0.15, -0.1) is 21.5 Å². The number of nitrogens with zero attached hydrogens (tertiary/aromatic N) is 4. The number of esters is 1. The first-order valence-electron chi connectivity index (χ1n) is 9.31. The van der Waals surface area contributed by atoms with E-state index in [1.165, 1.54) is 11.8 Å². The molecule has 3 rings (SSSR count). The third kappa shape index (κ3) is 5.32. The quantitative estimate of drug-likeness (QED) is 0.494. The van der Waals surface area contributed by atoms with E-state index in [1.54, 1.807) is 23.2 Å². The van der Waals surface area contributed by atoms with Gasteiger partial charge in [0.15, 0.2) is 0 Å². The second-order valence-electron chi connectivity index (χ2n) is 6.61. The smallest absolute Gasteiger partial charge is 0.309 e. The maximum absolute atomic E-state index is 12.7. The molecule has 0 bridgehead atoms. The van der Waals surface area contributed by atoms with Crippen molar-refractivity contribution in [3.05, 3.63) is 22.0 Å². The van der Waals surface area contributed by atoms with Crippen LogP contribution in [0, 0.1) is 12.8 Å². The summed E-state index contributed by atoms with van der Waals surface area (Å²) >= 11 is 2.84. The van der Waals surface area contributed by atoms with Gasteiger partial charge in [0.05, 0.1) is 34.9 Å². The molecule has 28 heavy (non-hydrogen) atoms. The van der Waals surface area contributed by atoms with Crippen LogP contribution in [0.4, 0.5) is 0 Å². The molecule has 152 valence electrons. The van der Waals surface area contributed by atoms with Crippen LogP contribution >= 0.6 is 23.1 Å². The summed E-state index contributed by atoms with van der Waals surface area (Å²) in [6, 6.07) is 0. The predicted molar refractivity (Wildman–Crippen MR) is 105 cm³/mol. The molecule has 2 aromatic heterocycles. The zero-order valence-corrected chi connectivity index (χ0v) is 17.8. The predicted octanol–water partition coefficient (Wildman–Crippen LogP) is 2.71. The van der Waals surface area contributed by atoms with Crippen molar-refractivity contribution < 1.29 is 18.7 Å². The van der Waals surface area contributed by atoms with Crippen LogP contribution in [-0.2, 0) is 20.7 Å². The van der Waals surface area contributed by atoms with E-state index >= 15 is 0 Å². The van der Waals surface area contributed by atoms with E-state index in [0.29, 0.717) is 50.1 Å². The number of aryl methyl sites for hydroxylation is 1. The van der Waals surface area contributed by atoms with E-state index in [-0.39, 0.29) is 23.0 Å². The van der Waals surface area contributed by atoms with Crippen molar-refractivity contribution in [2.24, 2.45) is 5.92 Å². The van der Waals surface area contributed by atoms with Crippen LogP contribution in [0.3, 0.4) is 0 Å². The van der Waals surface area contributed by atoms with Gasteiger partial charge in [-0.3, -0.25) is 9.59 Å². The Morgan fingerprint density at radius 3 is 2.79 bits per heavy atom. The van der Waals surface area contributed by atoms with Crippen molar-refractivity contribution in [1.29, 1.82) is 0 Å². The fourth-order valence-corrected chi connectivity index (χ4v) is 4.45. The van der Waals surface area contributed by atoms with E-state index in [9.17, 15) is 9.59 Å². The highest BCUT2D eigenvalue weighted by atomic mass is 32.2. The van der Waals surface area contributed by atoms with Gasteiger partial charge in [-0.1, -0.05) is 11.8 Å². The standard InChI is InChI=1S/C18H24N4O4S2/c1-4-25-17(24)13-5-7-22(8-6-13)16(23)11(2)28-18-21-20-15(26-18)9-14-10-27-12(3)19-14/h10-11,13H,4-9H2,1-3H3. The number of carbonyl (C=O) groups is 2. The molecule has 0 aromatic carbocycles. The highest BCUT2D eigenvalue weighted by Crippen LogP contribution is 2.26. The molecule has 8 nitrogen and oxygen atoms in total.